The van der Waals surface area contributed by atoms with Gasteiger partial charge in [-0.15, -0.1) is 0 Å². The fourth-order valence-electron chi connectivity index (χ4n) is 2.93. The second-order valence-electron chi connectivity index (χ2n) is 6.93. The average Bonchev–Trinajstić information content (AvgIpc) is 2.25. The molecule has 1 fully saturated rings. The summed E-state index contributed by atoms with van der Waals surface area (Å²) in [5.41, 5.74) is -0.478. The molecule has 3 unspecified atom stereocenters. The lowest BCUT2D eigenvalue weighted by Gasteiger charge is -2.39. The molecule has 3 atom stereocenters. The molecule has 0 bridgehead atoms. The number of carbonyl (C=O) groups is 2. The van der Waals surface area contributed by atoms with Crippen LogP contribution in [0.2, 0.25) is 0 Å². The van der Waals surface area contributed by atoms with Gasteiger partial charge in [-0.1, -0.05) is 13.8 Å². The maximum Gasteiger partial charge on any atom is 0.410 e. The second kappa shape index (κ2) is 6.46. The molecule has 0 aromatic heterocycles. The highest BCUT2D eigenvalue weighted by atomic mass is 16.6. The van der Waals surface area contributed by atoms with Gasteiger partial charge < -0.3 is 14.7 Å². The van der Waals surface area contributed by atoms with Crippen LogP contribution in [0.1, 0.15) is 47.5 Å². The van der Waals surface area contributed by atoms with Crippen molar-refractivity contribution in [2.24, 2.45) is 17.8 Å². The summed E-state index contributed by atoms with van der Waals surface area (Å²) >= 11 is 0. The van der Waals surface area contributed by atoms with E-state index in [9.17, 15) is 9.59 Å². The zero-order valence-electron chi connectivity index (χ0n) is 13.2. The van der Waals surface area contributed by atoms with E-state index in [0.717, 1.165) is 6.42 Å². The van der Waals surface area contributed by atoms with Gasteiger partial charge in [-0.2, -0.15) is 0 Å². The minimum Gasteiger partial charge on any atom is -0.481 e. The summed E-state index contributed by atoms with van der Waals surface area (Å²) in [6.07, 6.45) is 0.768. The van der Waals surface area contributed by atoms with Crippen LogP contribution < -0.4 is 0 Å². The lowest BCUT2D eigenvalue weighted by atomic mass is 9.77. The Bertz CT molecular complexity index is 361. The fraction of sp³-hybridized carbons (Fsp3) is 0.867. The predicted molar refractivity (Wildman–Crippen MR) is 76.5 cm³/mol. The summed E-state index contributed by atoms with van der Waals surface area (Å²) in [4.78, 5) is 24.6. The van der Waals surface area contributed by atoms with Crippen LogP contribution in [0.4, 0.5) is 4.79 Å². The first-order valence-electron chi connectivity index (χ1n) is 7.30. The topological polar surface area (TPSA) is 66.8 Å². The quantitative estimate of drug-likeness (QED) is 0.865. The van der Waals surface area contributed by atoms with Gasteiger partial charge in [0.05, 0.1) is 0 Å². The van der Waals surface area contributed by atoms with E-state index in [-0.39, 0.29) is 18.4 Å². The summed E-state index contributed by atoms with van der Waals surface area (Å²) in [6, 6.07) is 0. The Labute approximate surface area is 121 Å². The van der Waals surface area contributed by atoms with Gasteiger partial charge in [-0.05, 0) is 44.9 Å². The van der Waals surface area contributed by atoms with Crippen molar-refractivity contribution in [3.8, 4) is 0 Å². The van der Waals surface area contributed by atoms with E-state index in [2.05, 4.69) is 6.92 Å². The SMILES string of the molecule is CC(CC(=O)O)C1CCN(C(=O)OC(C)(C)C)CC1C. The molecule has 1 aliphatic heterocycles. The van der Waals surface area contributed by atoms with E-state index in [1.165, 1.54) is 0 Å². The Morgan fingerprint density at radius 1 is 1.40 bits per heavy atom. The molecule has 0 aromatic rings. The van der Waals surface area contributed by atoms with Crippen LogP contribution in [0.5, 0.6) is 0 Å². The third-order valence-electron chi connectivity index (χ3n) is 3.85. The van der Waals surface area contributed by atoms with Crippen molar-refractivity contribution >= 4 is 12.1 Å². The molecule has 1 rings (SSSR count). The van der Waals surface area contributed by atoms with E-state index in [1.54, 1.807) is 4.90 Å². The highest BCUT2D eigenvalue weighted by molar-refractivity contribution is 5.68. The zero-order chi connectivity index (χ0) is 15.5. The number of hydrogen-bond acceptors (Lipinski definition) is 3. The van der Waals surface area contributed by atoms with E-state index < -0.39 is 11.6 Å². The van der Waals surface area contributed by atoms with Crippen molar-refractivity contribution in [3.05, 3.63) is 0 Å². The number of carboxylic acids is 1. The maximum absolute atomic E-state index is 12.0. The number of carboxylic acid groups (broad SMARTS) is 1. The predicted octanol–water partition coefficient (Wildman–Crippen LogP) is 2.99. The maximum atomic E-state index is 12.0. The van der Waals surface area contributed by atoms with Crippen LogP contribution in [0.25, 0.3) is 0 Å². The smallest absolute Gasteiger partial charge is 0.410 e. The summed E-state index contributed by atoms with van der Waals surface area (Å²) in [5, 5.41) is 8.88. The number of likely N-dealkylation sites (tertiary alicyclic amines) is 1. The average molecular weight is 285 g/mol. The van der Waals surface area contributed by atoms with Gasteiger partial charge in [-0.3, -0.25) is 4.79 Å². The van der Waals surface area contributed by atoms with Crippen LogP contribution in [0.3, 0.4) is 0 Å². The van der Waals surface area contributed by atoms with Gasteiger partial charge in [-0.25, -0.2) is 4.79 Å². The molecule has 1 amide bonds. The lowest BCUT2D eigenvalue weighted by molar-refractivity contribution is -0.138. The molecule has 0 aromatic carbocycles. The first kappa shape index (κ1) is 16.8. The minimum absolute atomic E-state index is 0.142. The molecule has 1 N–H and O–H groups in total. The van der Waals surface area contributed by atoms with E-state index in [0.29, 0.717) is 24.9 Å². The van der Waals surface area contributed by atoms with Crippen molar-refractivity contribution in [2.75, 3.05) is 13.1 Å². The van der Waals surface area contributed by atoms with Crippen LogP contribution in [0, 0.1) is 17.8 Å². The lowest BCUT2D eigenvalue weighted by Crippen LogP contribution is -2.46. The van der Waals surface area contributed by atoms with Gasteiger partial charge in [0.25, 0.3) is 0 Å². The third-order valence-corrected chi connectivity index (χ3v) is 3.85. The van der Waals surface area contributed by atoms with Gasteiger partial charge in [0.2, 0.25) is 0 Å². The van der Waals surface area contributed by atoms with E-state index in [1.807, 2.05) is 27.7 Å². The van der Waals surface area contributed by atoms with Crippen molar-refractivity contribution in [1.29, 1.82) is 0 Å². The molecule has 0 spiro atoms. The number of ether oxygens (including phenoxy) is 1. The van der Waals surface area contributed by atoms with E-state index >= 15 is 0 Å². The molecule has 1 aliphatic rings. The normalized spacial score (nSPS) is 25.1. The Balaban J connectivity index is 2.55. The minimum atomic E-state index is -0.751. The number of aliphatic carboxylic acids is 1. The molecule has 1 heterocycles. The number of carbonyl (C=O) groups excluding carboxylic acids is 1. The molecular weight excluding hydrogens is 258 g/mol. The highest BCUT2D eigenvalue weighted by Gasteiger charge is 2.34. The van der Waals surface area contributed by atoms with E-state index in [4.69, 9.17) is 9.84 Å². The van der Waals surface area contributed by atoms with Gasteiger partial charge in [0.15, 0.2) is 0 Å². The molecule has 0 saturated carbocycles. The zero-order valence-corrected chi connectivity index (χ0v) is 13.2. The van der Waals surface area contributed by atoms with Gasteiger partial charge in [0.1, 0.15) is 5.60 Å². The standard InChI is InChI=1S/C15H27NO4/c1-10(8-13(17)18)12-6-7-16(9-11(12)2)14(19)20-15(3,4)5/h10-12H,6-9H2,1-5H3,(H,17,18). The summed E-state index contributed by atoms with van der Waals surface area (Å²) in [6.45, 7) is 10.9. The molecule has 0 aliphatic carbocycles. The van der Waals surface area contributed by atoms with Gasteiger partial charge >= 0.3 is 12.1 Å². The monoisotopic (exact) mass is 285 g/mol. The van der Waals surface area contributed by atoms with Crippen molar-refractivity contribution in [3.63, 3.8) is 0 Å². The van der Waals surface area contributed by atoms with Crippen LogP contribution in [-0.4, -0.2) is 40.8 Å². The van der Waals surface area contributed by atoms with Crippen molar-refractivity contribution in [1.82, 2.24) is 4.90 Å². The first-order valence-corrected chi connectivity index (χ1v) is 7.30. The number of hydrogen-bond donors (Lipinski definition) is 1. The molecule has 5 heteroatoms. The molecule has 20 heavy (non-hydrogen) atoms. The largest absolute Gasteiger partial charge is 0.481 e. The van der Waals surface area contributed by atoms with Crippen LogP contribution in [-0.2, 0) is 9.53 Å². The number of piperidine rings is 1. The first-order chi connectivity index (χ1) is 9.10. The summed E-state index contributed by atoms with van der Waals surface area (Å²) in [5.74, 6) is 0.0398. The number of rotatable bonds is 3. The summed E-state index contributed by atoms with van der Waals surface area (Å²) < 4.78 is 5.38. The Morgan fingerprint density at radius 3 is 2.45 bits per heavy atom. The Kier molecular flexibility index (Phi) is 5.42. The number of amides is 1. The Morgan fingerprint density at radius 2 is 2.00 bits per heavy atom. The van der Waals surface area contributed by atoms with Gasteiger partial charge in [0, 0.05) is 19.5 Å². The molecule has 116 valence electrons. The van der Waals surface area contributed by atoms with Crippen molar-refractivity contribution < 1.29 is 19.4 Å². The molecular formula is C15H27NO4. The number of nitrogens with zero attached hydrogens (tertiary/aromatic N) is 1. The molecule has 1 saturated heterocycles. The molecule has 0 radical (unpaired) electrons. The van der Waals surface area contributed by atoms with Crippen LogP contribution >= 0.6 is 0 Å². The van der Waals surface area contributed by atoms with Crippen molar-refractivity contribution in [2.45, 2.75) is 53.1 Å². The summed E-state index contributed by atoms with van der Waals surface area (Å²) in [7, 11) is 0. The third kappa shape index (κ3) is 5.02. The molecule has 5 nitrogen and oxygen atoms in total. The fourth-order valence-corrected chi connectivity index (χ4v) is 2.93. The van der Waals surface area contributed by atoms with Crippen LogP contribution in [0.15, 0.2) is 0 Å². The second-order valence-corrected chi connectivity index (χ2v) is 6.93. The highest BCUT2D eigenvalue weighted by Crippen LogP contribution is 2.32. The Hall–Kier alpha value is -1.26.